The summed E-state index contributed by atoms with van der Waals surface area (Å²) in [5.41, 5.74) is 6.18. The van der Waals surface area contributed by atoms with Crippen LogP contribution < -0.4 is 20.5 Å². The zero-order valence-electron chi connectivity index (χ0n) is 15.0. The van der Waals surface area contributed by atoms with Crippen molar-refractivity contribution >= 4 is 17.5 Å². The molecule has 0 aliphatic carbocycles. The lowest BCUT2D eigenvalue weighted by atomic mass is 10.1. The number of ether oxygens (including phenoxy) is 2. The van der Waals surface area contributed by atoms with Crippen molar-refractivity contribution in [1.82, 2.24) is 0 Å². The van der Waals surface area contributed by atoms with Gasteiger partial charge in [0.05, 0.1) is 6.61 Å². The number of rotatable bonds is 9. The summed E-state index contributed by atoms with van der Waals surface area (Å²) in [5.74, 6) is 1.08. The molecule has 0 spiro atoms. The summed E-state index contributed by atoms with van der Waals surface area (Å²) in [7, 11) is 0. The number of carbonyl (C=O) groups excluding carboxylic acids is 2. The van der Waals surface area contributed by atoms with Crippen molar-refractivity contribution < 1.29 is 19.1 Å². The first-order valence-electron chi connectivity index (χ1n) is 8.49. The Morgan fingerprint density at radius 2 is 1.54 bits per heavy atom. The van der Waals surface area contributed by atoms with Crippen molar-refractivity contribution in [3.05, 3.63) is 54.1 Å². The van der Waals surface area contributed by atoms with Gasteiger partial charge in [0, 0.05) is 11.3 Å². The van der Waals surface area contributed by atoms with E-state index in [9.17, 15) is 9.59 Å². The van der Waals surface area contributed by atoms with E-state index in [1.165, 1.54) is 0 Å². The van der Waals surface area contributed by atoms with E-state index >= 15 is 0 Å². The third kappa shape index (κ3) is 6.47. The van der Waals surface area contributed by atoms with Crippen LogP contribution in [0.5, 0.6) is 11.5 Å². The Bertz CT molecular complexity index is 724. The zero-order chi connectivity index (χ0) is 18.9. The summed E-state index contributed by atoms with van der Waals surface area (Å²) >= 11 is 0. The third-order valence-corrected chi connectivity index (χ3v) is 3.57. The Kier molecular flexibility index (Phi) is 7.02. The van der Waals surface area contributed by atoms with E-state index in [-0.39, 0.29) is 12.5 Å². The molecule has 0 radical (unpaired) electrons. The third-order valence-electron chi connectivity index (χ3n) is 3.57. The van der Waals surface area contributed by atoms with Crippen molar-refractivity contribution in [3.8, 4) is 11.5 Å². The molecule has 0 fully saturated rings. The molecular formula is C20H24N2O4. The average molecular weight is 356 g/mol. The predicted molar refractivity (Wildman–Crippen MR) is 100 cm³/mol. The Hall–Kier alpha value is -3.02. The van der Waals surface area contributed by atoms with Gasteiger partial charge in [-0.15, -0.1) is 0 Å². The molecule has 0 saturated heterocycles. The number of hydrogen-bond donors (Lipinski definition) is 2. The highest BCUT2D eigenvalue weighted by Gasteiger charge is 2.07. The Morgan fingerprint density at radius 1 is 0.962 bits per heavy atom. The van der Waals surface area contributed by atoms with Gasteiger partial charge in [0.25, 0.3) is 11.8 Å². The highest BCUT2D eigenvalue weighted by molar-refractivity contribution is 6.04. The van der Waals surface area contributed by atoms with Gasteiger partial charge in [0.15, 0.2) is 6.61 Å². The Labute approximate surface area is 153 Å². The first-order chi connectivity index (χ1) is 12.4. The fourth-order valence-electron chi connectivity index (χ4n) is 2.11. The number of primary amides is 1. The summed E-state index contributed by atoms with van der Waals surface area (Å²) in [4.78, 5) is 23.0. The molecule has 0 unspecified atom stereocenters. The molecule has 0 saturated carbocycles. The van der Waals surface area contributed by atoms with Gasteiger partial charge in [-0.1, -0.05) is 13.8 Å². The molecule has 2 rings (SSSR count). The van der Waals surface area contributed by atoms with Crippen LogP contribution in [0.2, 0.25) is 0 Å². The fraction of sp³-hybridized carbons (Fsp3) is 0.300. The lowest BCUT2D eigenvalue weighted by Crippen LogP contribution is -2.20. The van der Waals surface area contributed by atoms with E-state index in [4.69, 9.17) is 15.2 Å². The molecule has 0 heterocycles. The normalized spacial score (nSPS) is 10.4. The number of amides is 2. The summed E-state index contributed by atoms with van der Waals surface area (Å²) in [6, 6.07) is 13.7. The van der Waals surface area contributed by atoms with Crippen molar-refractivity contribution in [2.24, 2.45) is 11.7 Å². The molecule has 6 heteroatoms. The molecule has 0 aliphatic rings. The molecule has 2 aromatic carbocycles. The largest absolute Gasteiger partial charge is 0.494 e. The highest BCUT2D eigenvalue weighted by atomic mass is 16.5. The molecule has 26 heavy (non-hydrogen) atoms. The smallest absolute Gasteiger partial charge is 0.255 e. The van der Waals surface area contributed by atoms with Gasteiger partial charge in [-0.2, -0.15) is 0 Å². The standard InChI is InChI=1S/C20H24N2O4/c1-14(2)11-12-25-17-7-3-15(4-8-17)20(24)22-16-5-9-18(10-6-16)26-13-19(21)23/h3-10,14H,11-13H2,1-2H3,(H2,21,23)(H,22,24). The molecule has 2 aromatic rings. The van der Waals surface area contributed by atoms with Gasteiger partial charge >= 0.3 is 0 Å². The van der Waals surface area contributed by atoms with E-state index in [0.29, 0.717) is 29.5 Å². The molecule has 2 amide bonds. The average Bonchev–Trinajstić information content (AvgIpc) is 2.61. The van der Waals surface area contributed by atoms with Gasteiger partial charge in [-0.3, -0.25) is 9.59 Å². The Morgan fingerprint density at radius 3 is 2.12 bits per heavy atom. The lowest BCUT2D eigenvalue weighted by molar-refractivity contribution is -0.119. The number of nitrogens with one attached hydrogen (secondary N) is 1. The van der Waals surface area contributed by atoms with Gasteiger partial charge in [-0.05, 0) is 60.9 Å². The molecule has 3 N–H and O–H groups in total. The number of carbonyl (C=O) groups is 2. The van der Waals surface area contributed by atoms with Crippen molar-refractivity contribution in [2.45, 2.75) is 20.3 Å². The number of anilines is 1. The van der Waals surface area contributed by atoms with Crippen LogP contribution in [0.1, 0.15) is 30.6 Å². The van der Waals surface area contributed by atoms with Gasteiger partial charge < -0.3 is 20.5 Å². The molecular weight excluding hydrogens is 332 g/mol. The molecule has 0 atom stereocenters. The summed E-state index contributed by atoms with van der Waals surface area (Å²) in [5, 5.41) is 2.80. The second-order valence-corrected chi connectivity index (χ2v) is 6.29. The zero-order valence-corrected chi connectivity index (χ0v) is 15.0. The maximum Gasteiger partial charge on any atom is 0.255 e. The van der Waals surface area contributed by atoms with Crippen LogP contribution in [0.4, 0.5) is 5.69 Å². The molecule has 6 nitrogen and oxygen atoms in total. The van der Waals surface area contributed by atoms with E-state index in [2.05, 4.69) is 19.2 Å². The van der Waals surface area contributed by atoms with E-state index in [1.807, 2.05) is 0 Å². The van der Waals surface area contributed by atoms with Crippen LogP contribution in [0.25, 0.3) is 0 Å². The molecule has 0 aromatic heterocycles. The summed E-state index contributed by atoms with van der Waals surface area (Å²) in [6.45, 7) is 4.77. The number of hydrogen-bond acceptors (Lipinski definition) is 4. The van der Waals surface area contributed by atoms with Gasteiger partial charge in [0.2, 0.25) is 0 Å². The second kappa shape index (κ2) is 9.46. The van der Waals surface area contributed by atoms with Crippen LogP contribution in [0.15, 0.2) is 48.5 Å². The lowest BCUT2D eigenvalue weighted by Gasteiger charge is -2.09. The highest BCUT2D eigenvalue weighted by Crippen LogP contribution is 2.18. The number of benzene rings is 2. The van der Waals surface area contributed by atoms with Crippen molar-refractivity contribution in [1.29, 1.82) is 0 Å². The SMILES string of the molecule is CC(C)CCOc1ccc(C(=O)Nc2ccc(OCC(N)=O)cc2)cc1. The minimum absolute atomic E-state index is 0.183. The van der Waals surface area contributed by atoms with Gasteiger partial charge in [0.1, 0.15) is 11.5 Å². The minimum Gasteiger partial charge on any atom is -0.494 e. The minimum atomic E-state index is -0.543. The quantitative estimate of drug-likeness (QED) is 0.722. The summed E-state index contributed by atoms with van der Waals surface area (Å²) in [6.07, 6.45) is 0.987. The van der Waals surface area contributed by atoms with E-state index in [0.717, 1.165) is 12.2 Å². The van der Waals surface area contributed by atoms with E-state index < -0.39 is 5.91 Å². The molecule has 138 valence electrons. The predicted octanol–water partition coefficient (Wildman–Crippen LogP) is 3.23. The monoisotopic (exact) mass is 356 g/mol. The first kappa shape index (κ1) is 19.3. The van der Waals surface area contributed by atoms with Crippen molar-refractivity contribution in [2.75, 3.05) is 18.5 Å². The fourth-order valence-corrected chi connectivity index (χ4v) is 2.11. The van der Waals surface area contributed by atoms with Crippen LogP contribution >= 0.6 is 0 Å². The second-order valence-electron chi connectivity index (χ2n) is 6.29. The topological polar surface area (TPSA) is 90.7 Å². The maximum absolute atomic E-state index is 12.3. The molecule has 0 bridgehead atoms. The van der Waals surface area contributed by atoms with Crippen LogP contribution in [-0.4, -0.2) is 25.0 Å². The number of nitrogens with two attached hydrogens (primary N) is 1. The maximum atomic E-state index is 12.3. The first-order valence-corrected chi connectivity index (χ1v) is 8.49. The molecule has 0 aliphatic heterocycles. The van der Waals surface area contributed by atoms with E-state index in [1.54, 1.807) is 48.5 Å². The van der Waals surface area contributed by atoms with Crippen LogP contribution in [0.3, 0.4) is 0 Å². The summed E-state index contributed by atoms with van der Waals surface area (Å²) < 4.78 is 10.8. The van der Waals surface area contributed by atoms with Crippen LogP contribution in [0, 0.1) is 5.92 Å². The van der Waals surface area contributed by atoms with Gasteiger partial charge in [-0.25, -0.2) is 0 Å². The van der Waals surface area contributed by atoms with Crippen LogP contribution in [-0.2, 0) is 4.79 Å². The Balaban J connectivity index is 1.87. The van der Waals surface area contributed by atoms with Crippen molar-refractivity contribution in [3.63, 3.8) is 0 Å².